The Morgan fingerprint density at radius 1 is 0.957 bits per heavy atom. The Labute approximate surface area is 137 Å². The van der Waals surface area contributed by atoms with Gasteiger partial charge >= 0.3 is 6.18 Å². The van der Waals surface area contributed by atoms with Crippen molar-refractivity contribution in [1.82, 2.24) is 9.97 Å². The van der Waals surface area contributed by atoms with E-state index in [1.54, 1.807) is 13.0 Å². The summed E-state index contributed by atoms with van der Waals surface area (Å²) in [4.78, 5) is 8.27. The van der Waals surface area contributed by atoms with Crippen LogP contribution in [0, 0.1) is 19.8 Å². The molecule has 0 aliphatic heterocycles. The van der Waals surface area contributed by atoms with Gasteiger partial charge in [-0.3, -0.25) is 0 Å². The first-order valence-electron chi connectivity index (χ1n) is 8.40. The molecule has 6 heteroatoms. The van der Waals surface area contributed by atoms with E-state index < -0.39 is 12.1 Å². The van der Waals surface area contributed by atoms with Crippen molar-refractivity contribution < 1.29 is 17.9 Å². The third-order valence-corrected chi connectivity index (χ3v) is 3.37. The number of halogens is 3. The fraction of sp³-hybridized carbons (Fsp3) is 0.765. The highest BCUT2D eigenvalue weighted by atomic mass is 19.4. The van der Waals surface area contributed by atoms with E-state index >= 15 is 0 Å². The summed E-state index contributed by atoms with van der Waals surface area (Å²) in [6.45, 7) is 11.6. The van der Waals surface area contributed by atoms with Crippen LogP contribution in [-0.4, -0.2) is 22.2 Å². The molecule has 1 heterocycles. The summed E-state index contributed by atoms with van der Waals surface area (Å²) in [5, 5.41) is 0. The van der Waals surface area contributed by atoms with Crippen LogP contribution in [0.5, 0.6) is 5.88 Å². The lowest BCUT2D eigenvalue weighted by Crippen LogP contribution is -2.32. The lowest BCUT2D eigenvalue weighted by Gasteiger charge is -2.29. The van der Waals surface area contributed by atoms with Crippen molar-refractivity contribution in [3.05, 3.63) is 17.6 Å². The van der Waals surface area contributed by atoms with E-state index in [-0.39, 0.29) is 18.9 Å². The SMILES string of the molecule is CC.CC.Cc1cc(OC2CCC(C(F)(F)F)CC2)nc(C)n1. The molecule has 2 rings (SSSR count). The maximum atomic E-state index is 12.5. The fourth-order valence-corrected chi connectivity index (χ4v) is 2.42. The van der Waals surface area contributed by atoms with Gasteiger partial charge in [0.05, 0.1) is 5.92 Å². The normalized spacial score (nSPS) is 20.6. The van der Waals surface area contributed by atoms with Crippen LogP contribution >= 0.6 is 0 Å². The Morgan fingerprint density at radius 3 is 1.91 bits per heavy atom. The van der Waals surface area contributed by atoms with Gasteiger partial charge in [0.2, 0.25) is 5.88 Å². The average Bonchev–Trinajstić information content (AvgIpc) is 2.50. The zero-order valence-corrected chi connectivity index (χ0v) is 15.0. The second-order valence-electron chi connectivity index (χ2n) is 5.03. The molecule has 0 unspecified atom stereocenters. The molecule has 3 nitrogen and oxygen atoms in total. The lowest BCUT2D eigenvalue weighted by atomic mass is 9.87. The maximum absolute atomic E-state index is 12.5. The maximum Gasteiger partial charge on any atom is 0.391 e. The van der Waals surface area contributed by atoms with Crippen molar-refractivity contribution in [3.8, 4) is 5.88 Å². The van der Waals surface area contributed by atoms with Crippen molar-refractivity contribution in [2.24, 2.45) is 5.92 Å². The molecule has 1 fully saturated rings. The van der Waals surface area contributed by atoms with E-state index in [1.165, 1.54) is 0 Å². The van der Waals surface area contributed by atoms with Gasteiger partial charge in [-0.1, -0.05) is 27.7 Å². The summed E-state index contributed by atoms with van der Waals surface area (Å²) < 4.78 is 43.3. The summed E-state index contributed by atoms with van der Waals surface area (Å²) in [7, 11) is 0. The minimum absolute atomic E-state index is 0.136. The Balaban J connectivity index is 0.00000112. The number of rotatable bonds is 2. The summed E-state index contributed by atoms with van der Waals surface area (Å²) in [6, 6.07) is 1.71. The first kappa shape index (κ1) is 21.7. The molecule has 0 amide bonds. The van der Waals surface area contributed by atoms with Gasteiger partial charge in [-0.05, 0) is 39.5 Å². The van der Waals surface area contributed by atoms with Gasteiger partial charge < -0.3 is 4.74 Å². The van der Waals surface area contributed by atoms with Gasteiger partial charge in [0.1, 0.15) is 11.9 Å². The zero-order chi connectivity index (χ0) is 18.0. The number of hydrogen-bond acceptors (Lipinski definition) is 3. The zero-order valence-electron chi connectivity index (χ0n) is 15.0. The third kappa shape index (κ3) is 7.66. The van der Waals surface area contributed by atoms with Crippen molar-refractivity contribution in [3.63, 3.8) is 0 Å². The quantitative estimate of drug-likeness (QED) is 0.701. The second kappa shape index (κ2) is 10.4. The summed E-state index contributed by atoms with van der Waals surface area (Å²) in [5.74, 6) is -0.111. The highest BCUT2D eigenvalue weighted by molar-refractivity contribution is 5.15. The molecule has 1 aliphatic carbocycles. The Morgan fingerprint density at radius 2 is 1.48 bits per heavy atom. The van der Waals surface area contributed by atoms with Crippen LogP contribution in [0.1, 0.15) is 64.9 Å². The van der Waals surface area contributed by atoms with Gasteiger partial charge in [0.25, 0.3) is 0 Å². The van der Waals surface area contributed by atoms with Crippen LogP contribution in [0.3, 0.4) is 0 Å². The van der Waals surface area contributed by atoms with Gasteiger partial charge in [-0.25, -0.2) is 4.98 Å². The largest absolute Gasteiger partial charge is 0.474 e. The van der Waals surface area contributed by atoms with Gasteiger partial charge in [0.15, 0.2) is 0 Å². The molecule has 1 saturated carbocycles. The molecule has 0 radical (unpaired) electrons. The van der Waals surface area contributed by atoms with Gasteiger partial charge in [-0.15, -0.1) is 0 Å². The number of aryl methyl sites for hydroxylation is 2. The van der Waals surface area contributed by atoms with Gasteiger partial charge in [-0.2, -0.15) is 18.2 Å². The molecule has 0 spiro atoms. The second-order valence-corrected chi connectivity index (χ2v) is 5.03. The Hall–Kier alpha value is -1.33. The lowest BCUT2D eigenvalue weighted by molar-refractivity contribution is -0.185. The van der Waals surface area contributed by atoms with Crippen molar-refractivity contribution in [2.75, 3.05) is 0 Å². The molecule has 0 saturated heterocycles. The van der Waals surface area contributed by atoms with E-state index in [4.69, 9.17) is 4.74 Å². The number of nitrogens with zero attached hydrogens (tertiary/aromatic N) is 2. The number of aromatic nitrogens is 2. The predicted octanol–water partition coefficient (Wildman–Crippen LogP) is 5.65. The number of alkyl halides is 3. The molecular formula is C17H29F3N2O. The standard InChI is InChI=1S/C13H17F3N2O.2C2H6/c1-8-7-12(18-9(2)17-8)19-11-5-3-10(4-6-11)13(14,15)16;2*1-2/h7,10-11H,3-6H2,1-2H3;2*1-2H3. The average molecular weight is 334 g/mol. The highest BCUT2D eigenvalue weighted by Gasteiger charge is 2.41. The fourth-order valence-electron chi connectivity index (χ4n) is 2.42. The first-order valence-corrected chi connectivity index (χ1v) is 8.40. The third-order valence-electron chi connectivity index (χ3n) is 3.37. The number of ether oxygens (including phenoxy) is 1. The van der Waals surface area contributed by atoms with Crippen LogP contribution in [0.25, 0.3) is 0 Å². The smallest absolute Gasteiger partial charge is 0.391 e. The molecule has 0 atom stereocenters. The van der Waals surface area contributed by atoms with Crippen LogP contribution < -0.4 is 4.74 Å². The highest BCUT2D eigenvalue weighted by Crippen LogP contribution is 2.38. The molecule has 134 valence electrons. The predicted molar refractivity (Wildman–Crippen MR) is 86.6 cm³/mol. The topological polar surface area (TPSA) is 35.0 Å². The van der Waals surface area contributed by atoms with Crippen LogP contribution in [0.4, 0.5) is 13.2 Å². The molecule has 0 N–H and O–H groups in total. The van der Waals surface area contributed by atoms with E-state index in [2.05, 4.69) is 9.97 Å². The molecule has 0 bridgehead atoms. The monoisotopic (exact) mass is 334 g/mol. The van der Waals surface area contributed by atoms with Crippen LogP contribution in [0.15, 0.2) is 6.07 Å². The van der Waals surface area contributed by atoms with Crippen molar-refractivity contribution in [2.45, 2.75) is 79.5 Å². The summed E-state index contributed by atoms with van der Waals surface area (Å²) >= 11 is 0. The van der Waals surface area contributed by atoms with Crippen LogP contribution in [0.2, 0.25) is 0 Å². The van der Waals surface area contributed by atoms with Crippen molar-refractivity contribution in [1.29, 1.82) is 0 Å². The Bertz CT molecular complexity index is 422. The van der Waals surface area contributed by atoms with E-state index in [1.807, 2.05) is 34.6 Å². The van der Waals surface area contributed by atoms with Gasteiger partial charge in [0, 0.05) is 11.8 Å². The summed E-state index contributed by atoms with van der Waals surface area (Å²) in [6.07, 6.45) is -3.13. The molecule has 23 heavy (non-hydrogen) atoms. The van der Waals surface area contributed by atoms with Crippen molar-refractivity contribution >= 4 is 0 Å². The van der Waals surface area contributed by atoms with E-state index in [9.17, 15) is 13.2 Å². The van der Waals surface area contributed by atoms with Crippen LogP contribution in [-0.2, 0) is 0 Å². The molecule has 1 aliphatic rings. The minimum Gasteiger partial charge on any atom is -0.474 e. The molecule has 0 aromatic carbocycles. The number of hydrogen-bond donors (Lipinski definition) is 0. The van der Waals surface area contributed by atoms with E-state index in [0.717, 1.165) is 5.69 Å². The van der Waals surface area contributed by atoms with E-state index in [0.29, 0.717) is 24.5 Å². The molecular weight excluding hydrogens is 305 g/mol. The first-order chi connectivity index (χ1) is 10.8. The Kier molecular flexibility index (Phi) is 9.84. The minimum atomic E-state index is -4.08. The molecule has 1 aromatic heterocycles. The molecule has 1 aromatic rings. The summed E-state index contributed by atoms with van der Waals surface area (Å²) in [5.41, 5.74) is 0.798.